The third kappa shape index (κ3) is 1.73. The van der Waals surface area contributed by atoms with E-state index in [1.807, 2.05) is 0 Å². The fraction of sp³-hybridized carbons (Fsp3) is 0. The van der Waals surface area contributed by atoms with Crippen molar-refractivity contribution < 1.29 is 14.8 Å². The van der Waals surface area contributed by atoms with E-state index in [-0.39, 0.29) is 5.15 Å². The molecule has 0 atom stereocenters. The first-order valence-electron chi connectivity index (χ1n) is 3.06. The molecule has 1 rings (SSSR count). The molecule has 0 fully saturated rings. The van der Waals surface area contributed by atoms with Crippen molar-refractivity contribution in [3.05, 3.63) is 33.1 Å². The van der Waals surface area contributed by atoms with Crippen LogP contribution in [0.2, 0.25) is 5.15 Å². The van der Waals surface area contributed by atoms with Gasteiger partial charge in [0.25, 0.3) is 5.69 Å². The number of nitrogens with zero attached hydrogens (tertiary/aromatic N) is 2. The summed E-state index contributed by atoms with van der Waals surface area (Å²) < 4.78 is 0. The Morgan fingerprint density at radius 3 is 2.69 bits per heavy atom. The minimum Gasteiger partial charge on any atom is -0.477 e. The lowest BCUT2D eigenvalue weighted by atomic mass is 10.2. The van der Waals surface area contributed by atoms with Gasteiger partial charge in [0.2, 0.25) is 0 Å². The number of aromatic carboxylic acids is 1. The summed E-state index contributed by atoms with van der Waals surface area (Å²) in [7, 11) is 0. The molecule has 0 saturated carbocycles. The molecule has 1 aromatic rings. The molecule has 1 aromatic heterocycles. The maximum Gasteiger partial charge on any atom is 0.345 e. The largest absolute Gasteiger partial charge is 0.477 e. The Morgan fingerprint density at radius 2 is 2.31 bits per heavy atom. The highest BCUT2D eigenvalue weighted by Gasteiger charge is 2.23. The summed E-state index contributed by atoms with van der Waals surface area (Å²) in [6.45, 7) is 0. The number of halogens is 1. The second kappa shape index (κ2) is 3.36. The standard InChI is InChI=1S/C6H3ClN2O4/c7-5-4(6(10)11)3(9(12)13)1-2-8-5/h1-2H,(H,10,11). The first kappa shape index (κ1) is 9.40. The van der Waals surface area contributed by atoms with Gasteiger partial charge in [-0.1, -0.05) is 11.6 Å². The van der Waals surface area contributed by atoms with Crippen LogP contribution in [0.5, 0.6) is 0 Å². The molecule has 0 radical (unpaired) electrons. The quantitative estimate of drug-likeness (QED) is 0.444. The van der Waals surface area contributed by atoms with Gasteiger partial charge in [-0.05, 0) is 0 Å². The van der Waals surface area contributed by atoms with Crippen LogP contribution < -0.4 is 0 Å². The van der Waals surface area contributed by atoms with E-state index in [0.29, 0.717) is 0 Å². The molecule has 0 saturated heterocycles. The van der Waals surface area contributed by atoms with Crippen molar-refractivity contribution in [3.63, 3.8) is 0 Å². The summed E-state index contributed by atoms with van der Waals surface area (Å²) in [5.74, 6) is -1.47. The fourth-order valence-corrected chi connectivity index (χ4v) is 1.01. The lowest BCUT2D eigenvalue weighted by molar-refractivity contribution is -0.385. The monoisotopic (exact) mass is 202 g/mol. The highest BCUT2D eigenvalue weighted by Crippen LogP contribution is 2.23. The Kier molecular flexibility index (Phi) is 2.43. The highest BCUT2D eigenvalue weighted by atomic mass is 35.5. The number of aromatic nitrogens is 1. The molecule has 13 heavy (non-hydrogen) atoms. The van der Waals surface area contributed by atoms with Crippen LogP contribution >= 0.6 is 11.6 Å². The molecule has 1 N–H and O–H groups in total. The molecule has 0 bridgehead atoms. The Labute approximate surface area is 76.9 Å². The summed E-state index contributed by atoms with van der Waals surface area (Å²) in [5, 5.41) is 18.5. The molecule has 6 nitrogen and oxygen atoms in total. The van der Waals surface area contributed by atoms with Gasteiger partial charge in [0.05, 0.1) is 4.92 Å². The van der Waals surface area contributed by atoms with Crippen molar-refractivity contribution in [2.24, 2.45) is 0 Å². The van der Waals surface area contributed by atoms with Gasteiger partial charge in [0.15, 0.2) is 10.7 Å². The average Bonchev–Trinajstić information content (AvgIpc) is 2.02. The SMILES string of the molecule is O=C(O)c1c([N+](=O)[O-])ccnc1Cl. The minimum atomic E-state index is -1.47. The highest BCUT2D eigenvalue weighted by molar-refractivity contribution is 6.32. The Bertz CT molecular complexity index is 379. The van der Waals surface area contributed by atoms with Gasteiger partial charge in [-0.2, -0.15) is 0 Å². The zero-order valence-electron chi connectivity index (χ0n) is 6.10. The van der Waals surface area contributed by atoms with Crippen LogP contribution in [0.15, 0.2) is 12.3 Å². The number of rotatable bonds is 2. The zero-order chi connectivity index (χ0) is 10.0. The number of hydrogen-bond donors (Lipinski definition) is 1. The second-order valence-corrected chi connectivity index (χ2v) is 2.42. The number of nitro groups is 1. The molecule has 7 heteroatoms. The molecular formula is C6H3ClN2O4. The van der Waals surface area contributed by atoms with E-state index in [9.17, 15) is 14.9 Å². The predicted octanol–water partition coefficient (Wildman–Crippen LogP) is 1.34. The van der Waals surface area contributed by atoms with Gasteiger partial charge in [-0.25, -0.2) is 9.78 Å². The van der Waals surface area contributed by atoms with Gasteiger partial charge in [-0.15, -0.1) is 0 Å². The topological polar surface area (TPSA) is 93.3 Å². The molecular weight excluding hydrogens is 200 g/mol. The van der Waals surface area contributed by atoms with E-state index in [1.165, 1.54) is 0 Å². The van der Waals surface area contributed by atoms with E-state index >= 15 is 0 Å². The maximum absolute atomic E-state index is 10.5. The van der Waals surface area contributed by atoms with E-state index in [2.05, 4.69) is 4.98 Å². The average molecular weight is 203 g/mol. The smallest absolute Gasteiger partial charge is 0.345 e. The fourth-order valence-electron chi connectivity index (χ4n) is 0.777. The lowest BCUT2D eigenvalue weighted by Crippen LogP contribution is -2.04. The third-order valence-electron chi connectivity index (χ3n) is 1.29. The molecule has 0 spiro atoms. The first-order valence-corrected chi connectivity index (χ1v) is 3.44. The summed E-state index contributed by atoms with van der Waals surface area (Å²) in [6, 6.07) is 0.981. The van der Waals surface area contributed by atoms with Gasteiger partial charge >= 0.3 is 5.97 Å². The van der Waals surface area contributed by atoms with Crippen molar-refractivity contribution in [1.82, 2.24) is 4.98 Å². The number of carboxylic acid groups (broad SMARTS) is 1. The molecule has 0 aliphatic carbocycles. The summed E-state index contributed by atoms with van der Waals surface area (Å²) >= 11 is 5.37. The molecule has 68 valence electrons. The number of carboxylic acids is 1. The maximum atomic E-state index is 10.5. The van der Waals surface area contributed by atoms with Crippen molar-refractivity contribution in [3.8, 4) is 0 Å². The molecule has 0 aliphatic heterocycles. The van der Waals surface area contributed by atoms with Crippen LogP contribution in [0.1, 0.15) is 10.4 Å². The molecule has 0 aromatic carbocycles. The summed E-state index contributed by atoms with van der Waals surface area (Å²) in [4.78, 5) is 23.5. The molecule has 0 aliphatic rings. The Balaban J connectivity index is 3.43. The van der Waals surface area contributed by atoms with E-state index in [1.54, 1.807) is 0 Å². The van der Waals surface area contributed by atoms with Crippen molar-refractivity contribution >= 4 is 23.3 Å². The number of pyridine rings is 1. The van der Waals surface area contributed by atoms with Crippen molar-refractivity contribution in [2.75, 3.05) is 0 Å². The lowest BCUT2D eigenvalue weighted by Gasteiger charge is -1.97. The second-order valence-electron chi connectivity index (χ2n) is 2.06. The van der Waals surface area contributed by atoms with E-state index in [0.717, 1.165) is 12.3 Å². The summed E-state index contributed by atoms with van der Waals surface area (Å²) in [6.07, 6.45) is 1.08. The van der Waals surface area contributed by atoms with E-state index in [4.69, 9.17) is 16.7 Å². The number of hydrogen-bond acceptors (Lipinski definition) is 4. The van der Waals surface area contributed by atoms with Crippen LogP contribution in [0, 0.1) is 10.1 Å². The van der Waals surface area contributed by atoms with Gasteiger partial charge in [0.1, 0.15) is 0 Å². The van der Waals surface area contributed by atoms with Crippen LogP contribution in [0.3, 0.4) is 0 Å². The van der Waals surface area contributed by atoms with Crippen molar-refractivity contribution in [2.45, 2.75) is 0 Å². The van der Waals surface area contributed by atoms with Crippen LogP contribution in [-0.4, -0.2) is 21.0 Å². The van der Waals surface area contributed by atoms with Gasteiger partial charge in [-0.3, -0.25) is 10.1 Å². The predicted molar refractivity (Wildman–Crippen MR) is 42.9 cm³/mol. The summed E-state index contributed by atoms with van der Waals surface area (Å²) in [5.41, 5.74) is -1.15. The Hall–Kier alpha value is -1.69. The number of carbonyl (C=O) groups is 1. The van der Waals surface area contributed by atoms with E-state index < -0.39 is 22.1 Å². The van der Waals surface area contributed by atoms with Gasteiger partial charge < -0.3 is 5.11 Å². The van der Waals surface area contributed by atoms with Crippen LogP contribution in [0.25, 0.3) is 0 Å². The normalized spacial score (nSPS) is 9.62. The molecule has 0 amide bonds. The molecule has 1 heterocycles. The van der Waals surface area contributed by atoms with Crippen molar-refractivity contribution in [1.29, 1.82) is 0 Å². The molecule has 0 unspecified atom stereocenters. The third-order valence-corrected chi connectivity index (χ3v) is 1.58. The van der Waals surface area contributed by atoms with Crippen LogP contribution in [-0.2, 0) is 0 Å². The van der Waals surface area contributed by atoms with Gasteiger partial charge in [0, 0.05) is 12.3 Å². The zero-order valence-corrected chi connectivity index (χ0v) is 6.85. The minimum absolute atomic E-state index is 0.387. The first-order chi connectivity index (χ1) is 6.04. The Morgan fingerprint density at radius 1 is 1.69 bits per heavy atom. The van der Waals surface area contributed by atoms with Crippen LogP contribution in [0.4, 0.5) is 5.69 Å².